The second kappa shape index (κ2) is 5.63. The number of rotatable bonds is 2. The number of hydrogen-bond donors (Lipinski definition) is 0. The quantitative estimate of drug-likeness (QED) is 0.705. The summed E-state index contributed by atoms with van der Waals surface area (Å²) in [6, 6.07) is 8.28. The predicted molar refractivity (Wildman–Crippen MR) is 82.8 cm³/mol. The lowest BCUT2D eigenvalue weighted by Crippen LogP contribution is -2.02. The van der Waals surface area contributed by atoms with Crippen molar-refractivity contribution in [1.29, 1.82) is 0 Å². The van der Waals surface area contributed by atoms with E-state index in [0.717, 1.165) is 21.1 Å². The van der Waals surface area contributed by atoms with E-state index in [1.54, 1.807) is 6.20 Å². The van der Waals surface area contributed by atoms with Crippen LogP contribution in [0.2, 0.25) is 0 Å². The number of hydrogen-bond acceptors (Lipinski definition) is 2. The van der Waals surface area contributed by atoms with Crippen molar-refractivity contribution in [2.45, 2.75) is 25.7 Å². The fourth-order valence-electron chi connectivity index (χ4n) is 2.36. The van der Waals surface area contributed by atoms with Crippen LogP contribution in [0.25, 0.3) is 0 Å². The fourth-order valence-corrected chi connectivity index (χ4v) is 3.43. The molecule has 0 aliphatic heterocycles. The Hall–Kier alpha value is -0.870. The summed E-state index contributed by atoms with van der Waals surface area (Å²) in [6.07, 6.45) is 6.65. The van der Waals surface area contributed by atoms with Crippen LogP contribution in [0.15, 0.2) is 39.4 Å². The van der Waals surface area contributed by atoms with Crippen molar-refractivity contribution in [2.24, 2.45) is 0 Å². The second-order valence-electron chi connectivity index (χ2n) is 4.68. The first-order valence-electron chi connectivity index (χ1n) is 6.33. The summed E-state index contributed by atoms with van der Waals surface area (Å²) in [7, 11) is 0. The molecule has 0 radical (unpaired) electrons. The Morgan fingerprint density at radius 3 is 2.58 bits per heavy atom. The molecule has 0 unspecified atom stereocenters. The molecule has 1 aliphatic rings. The van der Waals surface area contributed by atoms with Gasteiger partial charge in [0.1, 0.15) is 5.75 Å². The van der Waals surface area contributed by atoms with Crippen molar-refractivity contribution in [3.8, 4) is 11.6 Å². The van der Waals surface area contributed by atoms with Crippen LogP contribution in [0.4, 0.5) is 0 Å². The average molecular weight is 383 g/mol. The first-order valence-corrected chi connectivity index (χ1v) is 7.92. The van der Waals surface area contributed by atoms with Crippen molar-refractivity contribution in [2.75, 3.05) is 0 Å². The summed E-state index contributed by atoms with van der Waals surface area (Å²) in [6.45, 7) is 0. The summed E-state index contributed by atoms with van der Waals surface area (Å²) in [4.78, 5) is 4.27. The number of nitrogens with zero attached hydrogens (tertiary/aromatic N) is 1. The van der Waals surface area contributed by atoms with E-state index in [1.807, 2.05) is 12.1 Å². The molecule has 3 rings (SSSR count). The molecule has 2 nitrogen and oxygen atoms in total. The SMILES string of the molecule is Brc1cnc(Oc2ccc3c(c2)CCCC3)c(Br)c1. The molecular weight excluding hydrogens is 370 g/mol. The Kier molecular flexibility index (Phi) is 3.89. The van der Waals surface area contributed by atoms with Crippen LogP contribution < -0.4 is 4.74 Å². The highest BCUT2D eigenvalue weighted by atomic mass is 79.9. The van der Waals surface area contributed by atoms with E-state index in [1.165, 1.54) is 30.4 Å². The topological polar surface area (TPSA) is 22.1 Å². The van der Waals surface area contributed by atoms with Gasteiger partial charge in [-0.25, -0.2) is 4.98 Å². The molecule has 19 heavy (non-hydrogen) atoms. The number of fused-ring (bicyclic) bond motifs is 1. The van der Waals surface area contributed by atoms with Crippen molar-refractivity contribution in [3.63, 3.8) is 0 Å². The van der Waals surface area contributed by atoms with Gasteiger partial charge in [-0.05, 0) is 86.9 Å². The van der Waals surface area contributed by atoms with Gasteiger partial charge in [-0.2, -0.15) is 0 Å². The standard InChI is InChI=1S/C15H13Br2NO/c16-12-8-14(17)15(18-9-12)19-13-6-5-10-3-1-2-4-11(10)7-13/h5-9H,1-4H2. The highest BCUT2D eigenvalue weighted by Crippen LogP contribution is 2.32. The van der Waals surface area contributed by atoms with Gasteiger partial charge in [0.25, 0.3) is 0 Å². The summed E-state index contributed by atoms with van der Waals surface area (Å²) in [5.74, 6) is 1.45. The molecule has 2 aromatic rings. The van der Waals surface area contributed by atoms with E-state index >= 15 is 0 Å². The van der Waals surface area contributed by atoms with E-state index in [9.17, 15) is 0 Å². The fraction of sp³-hybridized carbons (Fsp3) is 0.267. The maximum absolute atomic E-state index is 5.85. The Morgan fingerprint density at radius 2 is 1.79 bits per heavy atom. The Morgan fingerprint density at radius 1 is 1.00 bits per heavy atom. The summed E-state index contributed by atoms with van der Waals surface area (Å²) >= 11 is 6.84. The van der Waals surface area contributed by atoms with Crippen molar-refractivity contribution < 1.29 is 4.74 Å². The number of benzene rings is 1. The highest BCUT2D eigenvalue weighted by molar-refractivity contribution is 9.11. The average Bonchev–Trinajstić information content (AvgIpc) is 2.42. The van der Waals surface area contributed by atoms with Gasteiger partial charge < -0.3 is 4.74 Å². The maximum atomic E-state index is 5.85. The molecule has 1 aromatic carbocycles. The summed E-state index contributed by atoms with van der Waals surface area (Å²) in [5, 5.41) is 0. The minimum absolute atomic E-state index is 0.596. The van der Waals surface area contributed by atoms with Crippen LogP contribution in [-0.2, 0) is 12.8 Å². The van der Waals surface area contributed by atoms with Gasteiger partial charge in [0.2, 0.25) is 5.88 Å². The normalized spacial score (nSPS) is 14.0. The van der Waals surface area contributed by atoms with E-state index in [0.29, 0.717) is 5.88 Å². The van der Waals surface area contributed by atoms with E-state index < -0.39 is 0 Å². The Bertz CT molecular complexity index is 613. The second-order valence-corrected chi connectivity index (χ2v) is 6.45. The number of aryl methyl sites for hydroxylation is 2. The van der Waals surface area contributed by atoms with Gasteiger partial charge in [-0.15, -0.1) is 0 Å². The first kappa shape index (κ1) is 13.1. The molecule has 0 atom stereocenters. The number of ether oxygens (including phenoxy) is 1. The van der Waals surface area contributed by atoms with Crippen LogP contribution in [0.1, 0.15) is 24.0 Å². The maximum Gasteiger partial charge on any atom is 0.233 e. The molecule has 0 fully saturated rings. The molecule has 0 bridgehead atoms. The molecule has 4 heteroatoms. The van der Waals surface area contributed by atoms with Crippen molar-refractivity contribution >= 4 is 31.9 Å². The summed E-state index contributed by atoms with van der Waals surface area (Å²) in [5.41, 5.74) is 2.87. The molecule has 98 valence electrons. The van der Waals surface area contributed by atoms with E-state index in [2.05, 4.69) is 49.0 Å². The molecular formula is C15H13Br2NO. The van der Waals surface area contributed by atoms with Crippen LogP contribution in [0.5, 0.6) is 11.6 Å². The molecule has 1 aromatic heterocycles. The minimum Gasteiger partial charge on any atom is -0.438 e. The minimum atomic E-state index is 0.596. The molecule has 0 N–H and O–H groups in total. The monoisotopic (exact) mass is 381 g/mol. The molecule has 0 spiro atoms. The van der Waals surface area contributed by atoms with Crippen LogP contribution >= 0.6 is 31.9 Å². The van der Waals surface area contributed by atoms with Gasteiger partial charge >= 0.3 is 0 Å². The molecule has 0 saturated heterocycles. The van der Waals surface area contributed by atoms with Crippen molar-refractivity contribution in [1.82, 2.24) is 4.98 Å². The number of pyridine rings is 1. The molecule has 0 amide bonds. The van der Waals surface area contributed by atoms with Gasteiger partial charge in [-0.3, -0.25) is 0 Å². The van der Waals surface area contributed by atoms with Crippen molar-refractivity contribution in [3.05, 3.63) is 50.5 Å². The van der Waals surface area contributed by atoms with Gasteiger partial charge in [0.15, 0.2) is 0 Å². The Balaban J connectivity index is 1.87. The smallest absolute Gasteiger partial charge is 0.233 e. The Labute approximate surface area is 129 Å². The van der Waals surface area contributed by atoms with Crippen LogP contribution in [-0.4, -0.2) is 4.98 Å². The van der Waals surface area contributed by atoms with Gasteiger partial charge in [0.05, 0.1) is 4.47 Å². The lowest BCUT2D eigenvalue weighted by Gasteiger charge is -2.16. The largest absolute Gasteiger partial charge is 0.438 e. The zero-order chi connectivity index (χ0) is 13.2. The van der Waals surface area contributed by atoms with E-state index in [4.69, 9.17) is 4.74 Å². The van der Waals surface area contributed by atoms with E-state index in [-0.39, 0.29) is 0 Å². The highest BCUT2D eigenvalue weighted by Gasteiger charge is 2.11. The third-order valence-corrected chi connectivity index (χ3v) is 4.31. The molecule has 1 aliphatic carbocycles. The summed E-state index contributed by atoms with van der Waals surface area (Å²) < 4.78 is 7.63. The molecule has 1 heterocycles. The predicted octanol–water partition coefficient (Wildman–Crippen LogP) is 5.28. The number of aromatic nitrogens is 1. The zero-order valence-corrected chi connectivity index (χ0v) is 13.5. The zero-order valence-electron chi connectivity index (χ0n) is 10.3. The number of halogens is 2. The molecule has 0 saturated carbocycles. The lowest BCUT2D eigenvalue weighted by molar-refractivity contribution is 0.458. The van der Waals surface area contributed by atoms with Crippen LogP contribution in [0, 0.1) is 0 Å². The van der Waals surface area contributed by atoms with Crippen LogP contribution in [0.3, 0.4) is 0 Å². The third kappa shape index (κ3) is 3.00. The van der Waals surface area contributed by atoms with Gasteiger partial charge in [0, 0.05) is 10.7 Å². The van der Waals surface area contributed by atoms with Gasteiger partial charge in [-0.1, -0.05) is 6.07 Å². The third-order valence-electron chi connectivity index (χ3n) is 3.31. The first-order chi connectivity index (χ1) is 9.22. The lowest BCUT2D eigenvalue weighted by atomic mass is 9.92.